The Balaban J connectivity index is 3.14. The van der Waals surface area contributed by atoms with Gasteiger partial charge in [-0.2, -0.15) is 15.0 Å². The van der Waals surface area contributed by atoms with Gasteiger partial charge in [-0.05, 0) is 18.8 Å². The first-order chi connectivity index (χ1) is 9.83. The molecule has 0 fully saturated rings. The molecule has 0 atom stereocenters. The Labute approximate surface area is 129 Å². The maximum absolute atomic E-state index is 4.61. The first kappa shape index (κ1) is 17.5. The van der Waals surface area contributed by atoms with Crippen molar-refractivity contribution < 1.29 is 0 Å². The summed E-state index contributed by atoms with van der Waals surface area (Å²) in [5.74, 6) is 3.21. The van der Waals surface area contributed by atoms with Gasteiger partial charge < -0.3 is 15.1 Å². The molecular formula is C15H30N6. The maximum atomic E-state index is 4.61. The minimum Gasteiger partial charge on any atom is -0.354 e. The van der Waals surface area contributed by atoms with Crippen LogP contribution < -0.4 is 15.1 Å². The lowest BCUT2D eigenvalue weighted by Gasteiger charge is -2.27. The topological polar surface area (TPSA) is 57.2 Å². The summed E-state index contributed by atoms with van der Waals surface area (Å²) in [6, 6.07) is 0. The molecule has 0 saturated heterocycles. The van der Waals surface area contributed by atoms with Crippen molar-refractivity contribution in [1.29, 1.82) is 0 Å². The van der Waals surface area contributed by atoms with Crippen LogP contribution in [0.3, 0.4) is 0 Å². The molecule has 6 heteroatoms. The summed E-state index contributed by atoms with van der Waals surface area (Å²) >= 11 is 0. The van der Waals surface area contributed by atoms with Crippen LogP contribution in [0, 0.1) is 11.8 Å². The third-order valence-electron chi connectivity index (χ3n) is 2.80. The molecule has 1 N–H and O–H groups in total. The van der Waals surface area contributed by atoms with Gasteiger partial charge in [0.1, 0.15) is 0 Å². The van der Waals surface area contributed by atoms with Gasteiger partial charge in [0.25, 0.3) is 0 Å². The first-order valence-corrected chi connectivity index (χ1v) is 7.75. The molecule has 0 aliphatic heterocycles. The van der Waals surface area contributed by atoms with Crippen LogP contribution in [-0.4, -0.2) is 48.7 Å². The first-order valence-electron chi connectivity index (χ1n) is 7.75. The Kier molecular flexibility index (Phi) is 6.65. The van der Waals surface area contributed by atoms with Crippen molar-refractivity contribution in [2.45, 2.75) is 34.6 Å². The van der Waals surface area contributed by atoms with Gasteiger partial charge >= 0.3 is 0 Å². The molecule has 6 nitrogen and oxygen atoms in total. The van der Waals surface area contributed by atoms with Crippen molar-refractivity contribution >= 4 is 17.8 Å². The molecule has 1 rings (SSSR count). The molecule has 0 spiro atoms. The number of hydrogen-bond donors (Lipinski definition) is 1. The van der Waals surface area contributed by atoms with Gasteiger partial charge in [0.15, 0.2) is 0 Å². The highest BCUT2D eigenvalue weighted by molar-refractivity contribution is 5.44. The van der Waals surface area contributed by atoms with Gasteiger partial charge in [-0.15, -0.1) is 0 Å². The van der Waals surface area contributed by atoms with Crippen LogP contribution in [0.5, 0.6) is 0 Å². The highest BCUT2D eigenvalue weighted by Crippen LogP contribution is 2.17. The van der Waals surface area contributed by atoms with Gasteiger partial charge in [-0.3, -0.25) is 0 Å². The predicted molar refractivity (Wildman–Crippen MR) is 90.2 cm³/mol. The fourth-order valence-electron chi connectivity index (χ4n) is 2.05. The highest BCUT2D eigenvalue weighted by Gasteiger charge is 2.16. The van der Waals surface area contributed by atoms with Gasteiger partial charge in [0.05, 0.1) is 0 Å². The Morgan fingerprint density at radius 3 is 1.86 bits per heavy atom. The molecule has 0 bridgehead atoms. The van der Waals surface area contributed by atoms with Crippen molar-refractivity contribution in [3.8, 4) is 0 Å². The van der Waals surface area contributed by atoms with E-state index in [-0.39, 0.29) is 0 Å². The average Bonchev–Trinajstić information content (AvgIpc) is 2.36. The molecule has 1 aromatic rings. The quantitative estimate of drug-likeness (QED) is 0.795. The van der Waals surface area contributed by atoms with Crippen LogP contribution in [0.4, 0.5) is 17.8 Å². The molecule has 0 aliphatic carbocycles. The van der Waals surface area contributed by atoms with Gasteiger partial charge in [0.2, 0.25) is 17.8 Å². The average molecular weight is 294 g/mol. The number of hydrogen-bond acceptors (Lipinski definition) is 6. The largest absolute Gasteiger partial charge is 0.354 e. The highest BCUT2D eigenvalue weighted by atomic mass is 15.3. The van der Waals surface area contributed by atoms with Gasteiger partial charge in [-0.25, -0.2) is 0 Å². The van der Waals surface area contributed by atoms with Gasteiger partial charge in [0, 0.05) is 33.7 Å². The Bertz CT molecular complexity index is 420. The molecule has 0 unspecified atom stereocenters. The third kappa shape index (κ3) is 5.73. The second-order valence-electron chi connectivity index (χ2n) is 6.38. The van der Waals surface area contributed by atoms with Crippen LogP contribution >= 0.6 is 0 Å². The van der Waals surface area contributed by atoms with Crippen molar-refractivity contribution in [3.63, 3.8) is 0 Å². The molecule has 0 saturated carbocycles. The summed E-state index contributed by atoms with van der Waals surface area (Å²) in [6.07, 6.45) is 0. The lowest BCUT2D eigenvalue weighted by Crippen LogP contribution is -2.33. The van der Waals surface area contributed by atoms with E-state index in [1.165, 1.54) is 0 Å². The monoisotopic (exact) mass is 294 g/mol. The van der Waals surface area contributed by atoms with Crippen LogP contribution in [0.1, 0.15) is 34.6 Å². The Morgan fingerprint density at radius 1 is 0.905 bits per heavy atom. The smallest absolute Gasteiger partial charge is 0.231 e. The van der Waals surface area contributed by atoms with Crippen molar-refractivity contribution in [1.82, 2.24) is 15.0 Å². The second-order valence-corrected chi connectivity index (χ2v) is 6.38. The third-order valence-corrected chi connectivity index (χ3v) is 2.80. The normalized spacial score (nSPS) is 11.1. The zero-order valence-corrected chi connectivity index (χ0v) is 14.5. The van der Waals surface area contributed by atoms with E-state index < -0.39 is 0 Å². The van der Waals surface area contributed by atoms with E-state index in [9.17, 15) is 0 Å². The molecule has 0 radical (unpaired) electrons. The second kappa shape index (κ2) is 8.00. The molecule has 1 aromatic heterocycles. The molecular weight excluding hydrogens is 264 g/mol. The fourth-order valence-corrected chi connectivity index (χ4v) is 2.05. The minimum atomic E-state index is 0.561. The fraction of sp³-hybridized carbons (Fsp3) is 0.800. The van der Waals surface area contributed by atoms with Crippen molar-refractivity contribution in [2.24, 2.45) is 11.8 Å². The number of rotatable bonds is 8. The molecule has 1 heterocycles. The van der Waals surface area contributed by atoms with E-state index in [4.69, 9.17) is 0 Å². The Hall–Kier alpha value is -1.59. The SMILES string of the molecule is CCNc1nc(N(C)C)nc(N(CC(C)C)CC(C)C)n1. The molecule has 0 amide bonds. The number of aromatic nitrogens is 3. The van der Waals surface area contributed by atoms with Crippen LogP contribution in [0.2, 0.25) is 0 Å². The van der Waals surface area contributed by atoms with E-state index in [0.717, 1.165) is 25.6 Å². The standard InChI is InChI=1S/C15H30N6/c1-8-16-13-17-14(20(6)7)19-15(18-13)21(9-11(2)3)10-12(4)5/h11-12H,8-10H2,1-7H3,(H,16,17,18,19). The maximum Gasteiger partial charge on any atom is 0.231 e. The summed E-state index contributed by atoms with van der Waals surface area (Å²) < 4.78 is 0. The lowest BCUT2D eigenvalue weighted by atomic mass is 10.1. The van der Waals surface area contributed by atoms with E-state index in [2.05, 4.69) is 52.9 Å². The molecule has 120 valence electrons. The van der Waals surface area contributed by atoms with Crippen LogP contribution in [0.25, 0.3) is 0 Å². The predicted octanol–water partition coefficient (Wildman–Crippen LogP) is 2.49. The van der Waals surface area contributed by atoms with E-state index >= 15 is 0 Å². The molecule has 21 heavy (non-hydrogen) atoms. The Morgan fingerprint density at radius 2 is 1.43 bits per heavy atom. The zero-order chi connectivity index (χ0) is 16.0. The van der Waals surface area contributed by atoms with Crippen molar-refractivity contribution in [3.05, 3.63) is 0 Å². The number of nitrogens with zero attached hydrogens (tertiary/aromatic N) is 5. The zero-order valence-electron chi connectivity index (χ0n) is 14.5. The minimum absolute atomic E-state index is 0.561. The summed E-state index contributed by atoms with van der Waals surface area (Å²) in [7, 11) is 3.90. The molecule has 0 aliphatic rings. The van der Waals surface area contributed by atoms with Crippen LogP contribution in [0.15, 0.2) is 0 Å². The van der Waals surface area contributed by atoms with E-state index in [1.807, 2.05) is 25.9 Å². The van der Waals surface area contributed by atoms with Crippen molar-refractivity contribution in [2.75, 3.05) is 48.8 Å². The summed E-state index contributed by atoms with van der Waals surface area (Å²) in [5.41, 5.74) is 0. The van der Waals surface area contributed by atoms with Gasteiger partial charge in [-0.1, -0.05) is 27.7 Å². The molecule has 0 aromatic carbocycles. The number of anilines is 3. The summed E-state index contributed by atoms with van der Waals surface area (Å²) in [5, 5.41) is 3.19. The van der Waals surface area contributed by atoms with Crippen LogP contribution in [-0.2, 0) is 0 Å². The summed E-state index contributed by atoms with van der Waals surface area (Å²) in [4.78, 5) is 17.8. The lowest BCUT2D eigenvalue weighted by molar-refractivity contribution is 0.543. The number of nitrogens with one attached hydrogen (secondary N) is 1. The summed E-state index contributed by atoms with van der Waals surface area (Å²) in [6.45, 7) is 13.6. The van der Waals surface area contributed by atoms with E-state index in [1.54, 1.807) is 0 Å². The van der Waals surface area contributed by atoms with E-state index in [0.29, 0.717) is 23.7 Å².